The van der Waals surface area contributed by atoms with Crippen molar-refractivity contribution < 1.29 is 9.59 Å². The van der Waals surface area contributed by atoms with Crippen LogP contribution in [0.15, 0.2) is 48.5 Å². The van der Waals surface area contributed by atoms with E-state index in [4.69, 9.17) is 11.6 Å². The molecule has 2 aliphatic heterocycles. The first-order valence-corrected chi connectivity index (χ1v) is 9.18. The Balaban J connectivity index is 1.67. The highest BCUT2D eigenvalue weighted by atomic mass is 35.5. The van der Waals surface area contributed by atoms with Gasteiger partial charge >= 0.3 is 0 Å². The summed E-state index contributed by atoms with van der Waals surface area (Å²) in [7, 11) is 0. The summed E-state index contributed by atoms with van der Waals surface area (Å²) in [6.07, 6.45) is 0. The summed E-state index contributed by atoms with van der Waals surface area (Å²) in [6, 6.07) is 15.0. The zero-order chi connectivity index (χ0) is 18.5. The van der Waals surface area contributed by atoms with Crippen LogP contribution in [0.25, 0.3) is 0 Å². The van der Waals surface area contributed by atoms with E-state index in [1.807, 2.05) is 17.0 Å². The second-order valence-corrected chi connectivity index (χ2v) is 8.14. The molecule has 0 aromatic heterocycles. The number of halogens is 1. The molecule has 1 saturated heterocycles. The third-order valence-corrected chi connectivity index (χ3v) is 5.66. The third-order valence-electron chi connectivity index (χ3n) is 5.41. The van der Waals surface area contributed by atoms with Crippen molar-refractivity contribution in [1.82, 2.24) is 9.80 Å². The van der Waals surface area contributed by atoms with Gasteiger partial charge in [0.15, 0.2) is 0 Å². The molecule has 0 spiro atoms. The molecule has 0 bridgehead atoms. The lowest BCUT2D eigenvalue weighted by Crippen LogP contribution is -2.58. The third kappa shape index (κ3) is 2.78. The van der Waals surface area contributed by atoms with Crippen molar-refractivity contribution in [3.05, 3.63) is 70.2 Å². The lowest BCUT2D eigenvalue weighted by atomic mass is 9.75. The summed E-state index contributed by atoms with van der Waals surface area (Å²) in [5.74, 6) is -0.122. The van der Waals surface area contributed by atoms with E-state index in [1.54, 1.807) is 29.2 Å². The van der Waals surface area contributed by atoms with Gasteiger partial charge < -0.3 is 9.80 Å². The Morgan fingerprint density at radius 2 is 1.81 bits per heavy atom. The maximum atomic E-state index is 12.9. The fraction of sp³-hybridized carbons (Fsp3) is 0.333. The van der Waals surface area contributed by atoms with Gasteiger partial charge in [-0.3, -0.25) is 9.59 Å². The highest BCUT2D eigenvalue weighted by Crippen LogP contribution is 2.41. The van der Waals surface area contributed by atoms with Gasteiger partial charge in [0.05, 0.1) is 6.04 Å². The van der Waals surface area contributed by atoms with Crippen LogP contribution < -0.4 is 0 Å². The van der Waals surface area contributed by atoms with Gasteiger partial charge in [-0.25, -0.2) is 0 Å². The van der Waals surface area contributed by atoms with Crippen molar-refractivity contribution in [3.63, 3.8) is 0 Å². The number of hydrogen-bond donors (Lipinski definition) is 0. The molecule has 4 nitrogen and oxygen atoms in total. The van der Waals surface area contributed by atoms with E-state index in [0.717, 1.165) is 5.56 Å². The largest absolute Gasteiger partial charge is 0.331 e. The van der Waals surface area contributed by atoms with E-state index in [9.17, 15) is 9.59 Å². The zero-order valence-corrected chi connectivity index (χ0v) is 15.7. The van der Waals surface area contributed by atoms with Gasteiger partial charge in [0.25, 0.3) is 5.91 Å². The molecular weight excluding hydrogens is 348 g/mol. The Hall–Kier alpha value is -2.33. The Morgan fingerprint density at radius 1 is 1.12 bits per heavy atom. The second kappa shape index (κ2) is 6.13. The molecule has 0 radical (unpaired) electrons. The van der Waals surface area contributed by atoms with E-state index in [2.05, 4.69) is 26.0 Å². The Bertz CT molecular complexity index is 876. The lowest BCUT2D eigenvalue weighted by molar-refractivity contribution is -0.140. The first kappa shape index (κ1) is 17.1. The molecule has 0 aliphatic carbocycles. The number of benzene rings is 2. The number of piperazine rings is 1. The van der Waals surface area contributed by atoms with Gasteiger partial charge in [0.1, 0.15) is 6.54 Å². The van der Waals surface area contributed by atoms with Crippen LogP contribution in [0.4, 0.5) is 0 Å². The maximum absolute atomic E-state index is 12.9. The fourth-order valence-corrected chi connectivity index (χ4v) is 4.24. The maximum Gasteiger partial charge on any atom is 0.254 e. The van der Waals surface area contributed by atoms with Crippen molar-refractivity contribution in [2.24, 2.45) is 0 Å². The summed E-state index contributed by atoms with van der Waals surface area (Å²) in [5, 5.41) is 0.589. The fourth-order valence-electron chi connectivity index (χ4n) is 4.11. The van der Waals surface area contributed by atoms with Crippen LogP contribution >= 0.6 is 11.6 Å². The molecule has 4 rings (SSSR count). The van der Waals surface area contributed by atoms with Gasteiger partial charge in [-0.1, -0.05) is 49.7 Å². The molecule has 2 aromatic carbocycles. The van der Waals surface area contributed by atoms with Crippen molar-refractivity contribution in [2.75, 3.05) is 19.6 Å². The van der Waals surface area contributed by atoms with Crippen molar-refractivity contribution in [1.29, 1.82) is 0 Å². The molecule has 5 heteroatoms. The average molecular weight is 369 g/mol. The molecule has 134 valence electrons. The summed E-state index contributed by atoms with van der Waals surface area (Å²) in [6.45, 7) is 5.65. The SMILES string of the molecule is CC1(C)CN2C(=O)CN(C(=O)c3ccc(Cl)cc3)CC2c2ccccc21. The highest BCUT2D eigenvalue weighted by Gasteiger charge is 2.44. The van der Waals surface area contributed by atoms with Crippen molar-refractivity contribution in [3.8, 4) is 0 Å². The Labute approximate surface area is 158 Å². The quantitative estimate of drug-likeness (QED) is 0.770. The normalized spacial score (nSPS) is 21.2. The number of fused-ring (bicyclic) bond motifs is 3. The minimum Gasteiger partial charge on any atom is -0.331 e. The van der Waals surface area contributed by atoms with Crippen LogP contribution in [-0.4, -0.2) is 41.2 Å². The summed E-state index contributed by atoms with van der Waals surface area (Å²) >= 11 is 5.91. The standard InChI is InChI=1S/C21H21ClN2O2/c1-21(2)13-24-18(16-5-3-4-6-17(16)21)11-23(12-19(24)25)20(26)14-7-9-15(22)10-8-14/h3-10,18H,11-13H2,1-2H3. The van der Waals surface area contributed by atoms with Crippen LogP contribution in [0.5, 0.6) is 0 Å². The van der Waals surface area contributed by atoms with Crippen molar-refractivity contribution >= 4 is 23.4 Å². The first-order valence-electron chi connectivity index (χ1n) is 8.80. The number of hydrogen-bond acceptors (Lipinski definition) is 2. The highest BCUT2D eigenvalue weighted by molar-refractivity contribution is 6.30. The molecule has 1 unspecified atom stereocenters. The monoisotopic (exact) mass is 368 g/mol. The smallest absolute Gasteiger partial charge is 0.254 e. The topological polar surface area (TPSA) is 40.6 Å². The first-order chi connectivity index (χ1) is 12.4. The molecule has 26 heavy (non-hydrogen) atoms. The molecule has 1 atom stereocenters. The molecule has 2 aliphatic rings. The summed E-state index contributed by atoms with van der Waals surface area (Å²) < 4.78 is 0. The molecule has 0 saturated carbocycles. The van der Waals surface area contributed by atoms with Gasteiger partial charge in [-0.15, -0.1) is 0 Å². The molecule has 2 aromatic rings. The minimum atomic E-state index is -0.128. The molecular formula is C21H21ClN2O2. The predicted molar refractivity (Wildman–Crippen MR) is 101 cm³/mol. The zero-order valence-electron chi connectivity index (χ0n) is 14.9. The number of carbonyl (C=O) groups excluding carboxylic acids is 2. The second-order valence-electron chi connectivity index (χ2n) is 7.70. The van der Waals surface area contributed by atoms with Crippen LogP contribution in [0, 0.1) is 0 Å². The molecule has 2 amide bonds. The molecule has 1 fully saturated rings. The van der Waals surface area contributed by atoms with Crippen LogP contribution in [0.2, 0.25) is 5.02 Å². The summed E-state index contributed by atoms with van der Waals surface area (Å²) in [4.78, 5) is 29.3. The van der Waals surface area contributed by atoms with Crippen LogP contribution in [0.3, 0.4) is 0 Å². The van der Waals surface area contributed by atoms with E-state index in [-0.39, 0.29) is 29.8 Å². The minimum absolute atomic E-state index is 0.00569. The van der Waals surface area contributed by atoms with E-state index >= 15 is 0 Å². The Kier molecular flexibility index (Phi) is 4.03. The average Bonchev–Trinajstić information content (AvgIpc) is 2.62. The number of carbonyl (C=O) groups is 2. The van der Waals surface area contributed by atoms with E-state index in [0.29, 0.717) is 23.7 Å². The Morgan fingerprint density at radius 3 is 2.54 bits per heavy atom. The van der Waals surface area contributed by atoms with E-state index < -0.39 is 0 Å². The van der Waals surface area contributed by atoms with E-state index in [1.165, 1.54) is 5.56 Å². The molecule has 0 N–H and O–H groups in total. The van der Waals surface area contributed by atoms with Gasteiger partial charge in [0, 0.05) is 29.1 Å². The van der Waals surface area contributed by atoms with Crippen LogP contribution in [0.1, 0.15) is 41.4 Å². The van der Waals surface area contributed by atoms with Crippen molar-refractivity contribution in [2.45, 2.75) is 25.3 Å². The van der Waals surface area contributed by atoms with Crippen LogP contribution in [-0.2, 0) is 10.2 Å². The summed E-state index contributed by atoms with van der Waals surface area (Å²) in [5.41, 5.74) is 2.87. The predicted octanol–water partition coefficient (Wildman–Crippen LogP) is 3.66. The molecule has 2 heterocycles. The van der Waals surface area contributed by atoms with Gasteiger partial charge in [-0.05, 0) is 35.4 Å². The van der Waals surface area contributed by atoms with Gasteiger partial charge in [0.2, 0.25) is 5.91 Å². The number of rotatable bonds is 1. The lowest BCUT2D eigenvalue weighted by Gasteiger charge is -2.49. The van der Waals surface area contributed by atoms with Gasteiger partial charge in [-0.2, -0.15) is 0 Å². The number of nitrogens with zero attached hydrogens (tertiary/aromatic N) is 2. The number of amides is 2.